The lowest BCUT2D eigenvalue weighted by atomic mass is 9.91. The van der Waals surface area contributed by atoms with Crippen LogP contribution in [0.1, 0.15) is 31.9 Å². The van der Waals surface area contributed by atoms with Crippen LogP contribution < -0.4 is 0 Å². The molecule has 1 aromatic rings. The monoisotopic (exact) mass is 253 g/mol. The molecule has 1 aliphatic heterocycles. The number of nitrogens with zero attached hydrogens (tertiary/aromatic N) is 1. The SMILES string of the molecule is C/C1=C/C(c2ccccc2C)=C\C(C)C(C)C=NC1. The third kappa shape index (κ3) is 3.44. The van der Waals surface area contributed by atoms with Gasteiger partial charge in [-0.3, -0.25) is 4.99 Å². The lowest BCUT2D eigenvalue weighted by Gasteiger charge is -2.14. The molecule has 1 aromatic carbocycles. The Balaban J connectivity index is 2.48. The van der Waals surface area contributed by atoms with Gasteiger partial charge in [-0.2, -0.15) is 0 Å². The van der Waals surface area contributed by atoms with Crippen LogP contribution in [0.15, 0.2) is 47.0 Å². The van der Waals surface area contributed by atoms with Crippen LogP contribution >= 0.6 is 0 Å². The van der Waals surface area contributed by atoms with Crippen LogP contribution in [0.3, 0.4) is 0 Å². The van der Waals surface area contributed by atoms with Crippen molar-refractivity contribution >= 4 is 11.8 Å². The summed E-state index contributed by atoms with van der Waals surface area (Å²) in [4.78, 5) is 4.53. The first kappa shape index (κ1) is 13.8. The fourth-order valence-electron chi connectivity index (χ4n) is 2.36. The predicted octanol–water partition coefficient (Wildman–Crippen LogP) is 4.68. The van der Waals surface area contributed by atoms with Crippen LogP contribution in [0.25, 0.3) is 5.57 Å². The van der Waals surface area contributed by atoms with Crippen LogP contribution in [0.2, 0.25) is 0 Å². The second-order valence-electron chi connectivity index (χ2n) is 5.64. The van der Waals surface area contributed by atoms with Crippen molar-refractivity contribution in [2.24, 2.45) is 16.8 Å². The molecule has 0 N–H and O–H groups in total. The molecule has 0 radical (unpaired) electrons. The van der Waals surface area contributed by atoms with Gasteiger partial charge in [0.25, 0.3) is 0 Å². The highest BCUT2D eigenvalue weighted by molar-refractivity contribution is 5.77. The predicted molar refractivity (Wildman–Crippen MR) is 84.6 cm³/mol. The molecule has 0 amide bonds. The standard InChI is InChI=1S/C18H23N/c1-13-9-17(18-8-6-5-7-14(18)2)10-15(3)16(4)12-19-11-13/h5-10,12,15-16H,11H2,1-4H3/b13-9-,17-10+,19-12?. The van der Waals surface area contributed by atoms with E-state index in [0.717, 1.165) is 6.54 Å². The molecule has 0 aliphatic carbocycles. The number of allylic oxidation sites excluding steroid dienone is 3. The summed E-state index contributed by atoms with van der Waals surface area (Å²) in [5.41, 5.74) is 5.31. The third-order valence-corrected chi connectivity index (χ3v) is 3.81. The van der Waals surface area contributed by atoms with E-state index >= 15 is 0 Å². The molecule has 100 valence electrons. The minimum absolute atomic E-state index is 0.485. The Hall–Kier alpha value is -1.63. The van der Waals surface area contributed by atoms with Gasteiger partial charge in [-0.1, -0.05) is 55.8 Å². The highest BCUT2D eigenvalue weighted by Gasteiger charge is 2.11. The van der Waals surface area contributed by atoms with Crippen molar-refractivity contribution in [3.05, 3.63) is 53.1 Å². The van der Waals surface area contributed by atoms with Crippen molar-refractivity contribution in [3.63, 3.8) is 0 Å². The van der Waals surface area contributed by atoms with Gasteiger partial charge in [-0.15, -0.1) is 0 Å². The molecule has 2 unspecified atom stereocenters. The van der Waals surface area contributed by atoms with E-state index in [-0.39, 0.29) is 0 Å². The average Bonchev–Trinajstić information content (AvgIpc) is 2.43. The highest BCUT2D eigenvalue weighted by atomic mass is 14.7. The van der Waals surface area contributed by atoms with Crippen LogP contribution in [-0.2, 0) is 0 Å². The molecule has 2 atom stereocenters. The maximum atomic E-state index is 4.53. The van der Waals surface area contributed by atoms with E-state index < -0.39 is 0 Å². The van der Waals surface area contributed by atoms with Gasteiger partial charge in [0.05, 0.1) is 6.54 Å². The van der Waals surface area contributed by atoms with E-state index in [9.17, 15) is 0 Å². The molecule has 0 spiro atoms. The lowest BCUT2D eigenvalue weighted by Crippen LogP contribution is -2.07. The minimum atomic E-state index is 0.485. The summed E-state index contributed by atoms with van der Waals surface area (Å²) in [6, 6.07) is 8.60. The van der Waals surface area contributed by atoms with Gasteiger partial charge in [0.2, 0.25) is 0 Å². The van der Waals surface area contributed by atoms with E-state index in [0.29, 0.717) is 11.8 Å². The van der Waals surface area contributed by atoms with E-state index in [1.165, 1.54) is 22.3 Å². The van der Waals surface area contributed by atoms with Gasteiger partial charge in [-0.25, -0.2) is 0 Å². The Labute approximate surface area is 116 Å². The first-order valence-corrected chi connectivity index (χ1v) is 7.03. The van der Waals surface area contributed by atoms with Crippen molar-refractivity contribution in [2.75, 3.05) is 6.54 Å². The van der Waals surface area contributed by atoms with Crippen molar-refractivity contribution in [2.45, 2.75) is 27.7 Å². The first-order valence-electron chi connectivity index (χ1n) is 7.03. The molecular weight excluding hydrogens is 230 g/mol. The number of hydrogen-bond acceptors (Lipinski definition) is 1. The molecule has 1 aliphatic rings. The zero-order valence-electron chi connectivity index (χ0n) is 12.4. The van der Waals surface area contributed by atoms with Crippen molar-refractivity contribution in [1.82, 2.24) is 0 Å². The summed E-state index contributed by atoms with van der Waals surface area (Å²) in [6.07, 6.45) is 6.77. The molecular formula is C18H23N. The van der Waals surface area contributed by atoms with Crippen LogP contribution in [0.4, 0.5) is 0 Å². The maximum Gasteiger partial charge on any atom is 0.0596 e. The van der Waals surface area contributed by atoms with Crippen molar-refractivity contribution < 1.29 is 0 Å². The number of rotatable bonds is 1. The fraction of sp³-hybridized carbons (Fsp3) is 0.389. The highest BCUT2D eigenvalue weighted by Crippen LogP contribution is 2.26. The van der Waals surface area contributed by atoms with Gasteiger partial charge in [0.1, 0.15) is 0 Å². The molecule has 1 heteroatoms. The van der Waals surface area contributed by atoms with Gasteiger partial charge >= 0.3 is 0 Å². The van der Waals surface area contributed by atoms with Crippen LogP contribution in [-0.4, -0.2) is 12.8 Å². The van der Waals surface area contributed by atoms with Crippen molar-refractivity contribution in [1.29, 1.82) is 0 Å². The minimum Gasteiger partial charge on any atom is -0.293 e. The Morgan fingerprint density at radius 2 is 1.79 bits per heavy atom. The fourth-order valence-corrected chi connectivity index (χ4v) is 2.36. The van der Waals surface area contributed by atoms with E-state index in [1.807, 2.05) is 0 Å². The summed E-state index contributed by atoms with van der Waals surface area (Å²) in [5, 5.41) is 0. The van der Waals surface area contributed by atoms with Crippen LogP contribution in [0.5, 0.6) is 0 Å². The smallest absolute Gasteiger partial charge is 0.0596 e. The van der Waals surface area contributed by atoms with E-state index in [1.54, 1.807) is 0 Å². The molecule has 0 fully saturated rings. The number of hydrogen-bond donors (Lipinski definition) is 0. The first-order chi connectivity index (χ1) is 9.08. The molecule has 0 bridgehead atoms. The second kappa shape index (κ2) is 6.01. The Morgan fingerprint density at radius 3 is 2.53 bits per heavy atom. The van der Waals surface area contributed by atoms with Gasteiger partial charge in [0.15, 0.2) is 0 Å². The zero-order valence-corrected chi connectivity index (χ0v) is 12.4. The normalized spacial score (nSPS) is 29.5. The molecule has 2 rings (SSSR count). The largest absolute Gasteiger partial charge is 0.293 e. The summed E-state index contributed by atoms with van der Waals surface area (Å²) >= 11 is 0. The summed E-state index contributed by atoms with van der Waals surface area (Å²) in [5.74, 6) is 0.985. The Bertz CT molecular complexity index is 534. The number of aliphatic imine (C=N–C) groups is 1. The molecule has 1 nitrogen and oxygen atoms in total. The summed E-state index contributed by atoms with van der Waals surface area (Å²) in [7, 11) is 0. The molecule has 19 heavy (non-hydrogen) atoms. The maximum absolute atomic E-state index is 4.53. The molecule has 0 saturated heterocycles. The van der Waals surface area contributed by atoms with Gasteiger partial charge in [-0.05, 0) is 42.4 Å². The number of aryl methyl sites for hydroxylation is 1. The van der Waals surface area contributed by atoms with Crippen molar-refractivity contribution in [3.8, 4) is 0 Å². The Morgan fingerprint density at radius 1 is 1.05 bits per heavy atom. The second-order valence-corrected chi connectivity index (χ2v) is 5.64. The van der Waals surface area contributed by atoms with E-state index in [2.05, 4.69) is 75.3 Å². The van der Waals surface area contributed by atoms with E-state index in [4.69, 9.17) is 0 Å². The molecule has 1 heterocycles. The zero-order chi connectivity index (χ0) is 13.8. The summed E-state index contributed by atoms with van der Waals surface area (Å²) < 4.78 is 0. The third-order valence-electron chi connectivity index (χ3n) is 3.81. The molecule has 0 saturated carbocycles. The van der Waals surface area contributed by atoms with Gasteiger partial charge < -0.3 is 0 Å². The van der Waals surface area contributed by atoms with Gasteiger partial charge in [0, 0.05) is 6.21 Å². The lowest BCUT2D eigenvalue weighted by molar-refractivity contribution is 0.600. The molecule has 0 aromatic heterocycles. The summed E-state index contributed by atoms with van der Waals surface area (Å²) in [6.45, 7) is 9.64. The number of benzene rings is 1. The Kier molecular flexibility index (Phi) is 4.36. The quantitative estimate of drug-likeness (QED) is 0.689. The topological polar surface area (TPSA) is 12.4 Å². The average molecular weight is 253 g/mol. The van der Waals surface area contributed by atoms with Crippen LogP contribution in [0, 0.1) is 18.8 Å².